The van der Waals surface area contributed by atoms with Crippen molar-refractivity contribution < 1.29 is 0 Å². The molecule has 0 amide bonds. The summed E-state index contributed by atoms with van der Waals surface area (Å²) < 4.78 is 0. The van der Waals surface area contributed by atoms with E-state index in [0.717, 1.165) is 12.8 Å². The third-order valence-corrected chi connectivity index (χ3v) is 4.50. The summed E-state index contributed by atoms with van der Waals surface area (Å²) in [6.07, 6.45) is 2.16. The van der Waals surface area contributed by atoms with E-state index in [0.29, 0.717) is 6.04 Å². The van der Waals surface area contributed by atoms with Crippen LogP contribution in [0.4, 0.5) is 0 Å². The predicted molar refractivity (Wildman–Crippen MR) is 81.3 cm³/mol. The van der Waals surface area contributed by atoms with Gasteiger partial charge in [0.2, 0.25) is 0 Å². The molecular weight excluding hydrogens is 240 g/mol. The van der Waals surface area contributed by atoms with E-state index < -0.39 is 0 Å². The van der Waals surface area contributed by atoms with Crippen LogP contribution in [0.1, 0.15) is 72.0 Å². The summed E-state index contributed by atoms with van der Waals surface area (Å²) in [5, 5.41) is 7.18. The van der Waals surface area contributed by atoms with Crippen LogP contribution in [0.15, 0.2) is 5.38 Å². The number of thiazole rings is 1. The first-order chi connectivity index (χ1) is 8.25. The Kier molecular flexibility index (Phi) is 4.96. The largest absolute Gasteiger partial charge is 0.303 e. The Labute approximate surface area is 116 Å². The Morgan fingerprint density at radius 1 is 1.22 bits per heavy atom. The fourth-order valence-electron chi connectivity index (χ4n) is 2.21. The summed E-state index contributed by atoms with van der Waals surface area (Å²) >= 11 is 1.80. The van der Waals surface area contributed by atoms with E-state index >= 15 is 0 Å². The molecule has 0 radical (unpaired) electrons. The van der Waals surface area contributed by atoms with Gasteiger partial charge < -0.3 is 5.32 Å². The lowest BCUT2D eigenvalue weighted by Crippen LogP contribution is -2.45. The Balaban J connectivity index is 3.10. The van der Waals surface area contributed by atoms with Crippen molar-refractivity contribution in [2.75, 3.05) is 0 Å². The van der Waals surface area contributed by atoms with Gasteiger partial charge in [-0.1, -0.05) is 34.6 Å². The molecule has 104 valence electrons. The molecule has 18 heavy (non-hydrogen) atoms. The molecule has 1 aromatic heterocycles. The maximum Gasteiger partial charge on any atom is 0.113 e. The van der Waals surface area contributed by atoms with Crippen molar-refractivity contribution in [2.45, 2.75) is 78.3 Å². The number of nitrogens with zero attached hydrogens (tertiary/aromatic N) is 1. The Bertz CT molecular complexity index is 370. The third-order valence-electron chi connectivity index (χ3n) is 3.45. The van der Waals surface area contributed by atoms with E-state index in [1.54, 1.807) is 11.3 Å². The molecule has 0 aliphatic heterocycles. The minimum absolute atomic E-state index is 0.0440. The zero-order valence-corrected chi connectivity index (χ0v) is 13.7. The van der Waals surface area contributed by atoms with Gasteiger partial charge in [0.15, 0.2) is 0 Å². The van der Waals surface area contributed by atoms with E-state index in [2.05, 4.69) is 59.2 Å². The number of hydrogen-bond donors (Lipinski definition) is 1. The molecule has 0 saturated carbocycles. The number of rotatable bonds is 5. The topological polar surface area (TPSA) is 24.9 Å². The molecule has 3 heteroatoms. The second kappa shape index (κ2) is 5.70. The summed E-state index contributed by atoms with van der Waals surface area (Å²) in [5.74, 6) is 0. The molecule has 0 saturated heterocycles. The van der Waals surface area contributed by atoms with Gasteiger partial charge in [0.25, 0.3) is 0 Å². The van der Waals surface area contributed by atoms with Crippen LogP contribution in [0, 0.1) is 0 Å². The normalized spacial score (nSPS) is 13.3. The maximum absolute atomic E-state index is 4.90. The summed E-state index contributed by atoms with van der Waals surface area (Å²) in [4.78, 5) is 4.90. The highest BCUT2D eigenvalue weighted by Crippen LogP contribution is 2.34. The Hall–Kier alpha value is -0.410. The molecule has 0 bridgehead atoms. The highest BCUT2D eigenvalue weighted by molar-refractivity contribution is 7.09. The minimum atomic E-state index is 0.0440. The van der Waals surface area contributed by atoms with Crippen molar-refractivity contribution in [3.05, 3.63) is 16.1 Å². The fraction of sp³-hybridized carbons (Fsp3) is 0.800. The van der Waals surface area contributed by atoms with Gasteiger partial charge in [-0.05, 0) is 26.7 Å². The molecule has 1 heterocycles. The molecule has 1 rings (SSSR count). The molecule has 0 atom stereocenters. The van der Waals surface area contributed by atoms with Crippen LogP contribution in [-0.4, -0.2) is 11.0 Å². The monoisotopic (exact) mass is 268 g/mol. The summed E-state index contributed by atoms with van der Waals surface area (Å²) in [5.41, 5.74) is 1.39. The quantitative estimate of drug-likeness (QED) is 0.853. The van der Waals surface area contributed by atoms with Crippen molar-refractivity contribution in [2.24, 2.45) is 0 Å². The minimum Gasteiger partial charge on any atom is -0.303 e. The van der Waals surface area contributed by atoms with Crippen molar-refractivity contribution in [3.8, 4) is 0 Å². The van der Waals surface area contributed by atoms with E-state index in [9.17, 15) is 0 Å². The second-order valence-corrected chi connectivity index (χ2v) is 7.23. The first-order valence-corrected chi connectivity index (χ1v) is 7.87. The van der Waals surface area contributed by atoms with Crippen molar-refractivity contribution in [3.63, 3.8) is 0 Å². The molecule has 0 spiro atoms. The van der Waals surface area contributed by atoms with Crippen LogP contribution in [0.25, 0.3) is 0 Å². The number of aromatic nitrogens is 1. The van der Waals surface area contributed by atoms with Gasteiger partial charge in [-0.15, -0.1) is 11.3 Å². The smallest absolute Gasteiger partial charge is 0.113 e. The third kappa shape index (κ3) is 3.33. The van der Waals surface area contributed by atoms with Crippen LogP contribution >= 0.6 is 11.3 Å². The molecule has 1 aromatic rings. The summed E-state index contributed by atoms with van der Waals surface area (Å²) in [7, 11) is 0. The second-order valence-electron chi connectivity index (χ2n) is 6.38. The first-order valence-electron chi connectivity index (χ1n) is 6.99. The lowest BCUT2D eigenvalue weighted by Gasteiger charge is -2.33. The molecule has 0 unspecified atom stereocenters. The van der Waals surface area contributed by atoms with Crippen LogP contribution in [0.2, 0.25) is 0 Å². The van der Waals surface area contributed by atoms with E-state index in [-0.39, 0.29) is 11.0 Å². The van der Waals surface area contributed by atoms with Crippen molar-refractivity contribution >= 4 is 11.3 Å². The van der Waals surface area contributed by atoms with Gasteiger partial charge in [-0.2, -0.15) is 0 Å². The van der Waals surface area contributed by atoms with Crippen molar-refractivity contribution in [1.82, 2.24) is 10.3 Å². The van der Waals surface area contributed by atoms with Crippen LogP contribution in [0.3, 0.4) is 0 Å². The van der Waals surface area contributed by atoms with E-state index in [1.807, 2.05) is 0 Å². The van der Waals surface area contributed by atoms with Gasteiger partial charge in [0.05, 0.1) is 11.2 Å². The summed E-state index contributed by atoms with van der Waals surface area (Å²) in [6, 6.07) is 0.479. The van der Waals surface area contributed by atoms with Gasteiger partial charge in [0, 0.05) is 16.8 Å². The fourth-order valence-corrected chi connectivity index (χ4v) is 3.56. The van der Waals surface area contributed by atoms with Gasteiger partial charge in [-0.25, -0.2) is 4.98 Å². The van der Waals surface area contributed by atoms with Crippen LogP contribution < -0.4 is 5.32 Å². The van der Waals surface area contributed by atoms with Crippen LogP contribution in [-0.2, 0) is 11.0 Å². The van der Waals surface area contributed by atoms with Crippen molar-refractivity contribution in [1.29, 1.82) is 0 Å². The first kappa shape index (κ1) is 15.6. The Morgan fingerprint density at radius 2 is 1.78 bits per heavy atom. The standard InChI is InChI=1S/C15H28N2S/c1-8-15(9-2,17-11(3)4)13-16-12(10-18-13)14(5,6)7/h10-11,17H,8-9H2,1-7H3. The molecule has 0 aromatic carbocycles. The maximum atomic E-state index is 4.90. The highest BCUT2D eigenvalue weighted by atomic mass is 32.1. The molecule has 0 aliphatic carbocycles. The zero-order chi connectivity index (χ0) is 14.0. The molecule has 2 nitrogen and oxygen atoms in total. The number of hydrogen-bond acceptors (Lipinski definition) is 3. The van der Waals surface area contributed by atoms with E-state index in [1.165, 1.54) is 10.7 Å². The molecular formula is C15H28N2S. The number of nitrogens with one attached hydrogen (secondary N) is 1. The van der Waals surface area contributed by atoms with Crippen LogP contribution in [0.5, 0.6) is 0 Å². The average Bonchev–Trinajstić information content (AvgIpc) is 2.75. The van der Waals surface area contributed by atoms with Gasteiger partial charge >= 0.3 is 0 Å². The average molecular weight is 268 g/mol. The molecule has 1 N–H and O–H groups in total. The summed E-state index contributed by atoms with van der Waals surface area (Å²) in [6.45, 7) is 15.6. The van der Waals surface area contributed by atoms with E-state index in [4.69, 9.17) is 4.98 Å². The van der Waals surface area contributed by atoms with Gasteiger partial charge in [-0.3, -0.25) is 0 Å². The zero-order valence-electron chi connectivity index (χ0n) is 12.9. The van der Waals surface area contributed by atoms with Gasteiger partial charge in [0.1, 0.15) is 5.01 Å². The lowest BCUT2D eigenvalue weighted by molar-refractivity contribution is 0.281. The lowest BCUT2D eigenvalue weighted by atomic mass is 9.91. The molecule has 0 aliphatic rings. The highest BCUT2D eigenvalue weighted by Gasteiger charge is 2.33. The molecule has 0 fully saturated rings. The predicted octanol–water partition coefficient (Wildman–Crippen LogP) is 4.45. The SMILES string of the molecule is CCC(CC)(NC(C)C)c1nc(C(C)(C)C)cs1. The Morgan fingerprint density at radius 3 is 2.11 bits per heavy atom.